The lowest BCUT2D eigenvalue weighted by Crippen LogP contribution is -2.21. The number of nitrogens with two attached hydrogens (primary N) is 2. The number of nitrogens with zero attached hydrogens (tertiary/aromatic N) is 3. The summed E-state index contributed by atoms with van der Waals surface area (Å²) in [5, 5.41) is 12.2. The molecule has 1 aliphatic rings. The third-order valence-electron chi connectivity index (χ3n) is 4.28. The van der Waals surface area contributed by atoms with E-state index in [1.807, 2.05) is 19.2 Å². The van der Waals surface area contributed by atoms with E-state index in [2.05, 4.69) is 20.2 Å². The van der Waals surface area contributed by atoms with Crippen LogP contribution in [0.3, 0.4) is 0 Å². The van der Waals surface area contributed by atoms with Crippen molar-refractivity contribution in [2.45, 2.75) is 12.3 Å². The third-order valence-corrected chi connectivity index (χ3v) is 4.28. The molecule has 0 radical (unpaired) electrons. The second-order valence-corrected chi connectivity index (χ2v) is 5.87. The highest BCUT2D eigenvalue weighted by Gasteiger charge is 2.27. The van der Waals surface area contributed by atoms with E-state index in [-0.39, 0.29) is 17.4 Å². The summed E-state index contributed by atoms with van der Waals surface area (Å²) in [4.78, 5) is 21.2. The Morgan fingerprint density at radius 1 is 1.33 bits per heavy atom. The van der Waals surface area contributed by atoms with Crippen LogP contribution in [0.15, 0.2) is 24.3 Å². The van der Waals surface area contributed by atoms with Gasteiger partial charge in [-0.25, -0.2) is 4.79 Å². The molecule has 2 aromatic rings. The minimum absolute atomic E-state index is 0.176. The second-order valence-electron chi connectivity index (χ2n) is 5.87. The summed E-state index contributed by atoms with van der Waals surface area (Å²) >= 11 is 0. The Kier molecular flexibility index (Phi) is 4.11. The molecular weight excluding hydrogens is 308 g/mol. The Hall–Kier alpha value is -3.03. The van der Waals surface area contributed by atoms with Crippen molar-refractivity contribution in [1.29, 1.82) is 0 Å². The molecule has 3 rings (SSSR count). The van der Waals surface area contributed by atoms with Gasteiger partial charge in [-0.05, 0) is 30.7 Å². The predicted molar refractivity (Wildman–Crippen MR) is 93.4 cm³/mol. The largest absolute Gasteiger partial charge is 0.478 e. The summed E-state index contributed by atoms with van der Waals surface area (Å²) in [7, 11) is 1.97. The lowest BCUT2D eigenvalue weighted by molar-refractivity contribution is 0.0697. The number of carboxylic acid groups (broad SMARTS) is 1. The molecule has 0 bridgehead atoms. The van der Waals surface area contributed by atoms with Gasteiger partial charge in [-0.15, -0.1) is 0 Å². The monoisotopic (exact) mass is 328 g/mol. The summed E-state index contributed by atoms with van der Waals surface area (Å²) in [6, 6.07) is 6.83. The van der Waals surface area contributed by atoms with Gasteiger partial charge in [-0.2, -0.15) is 9.97 Å². The molecule has 8 heteroatoms. The summed E-state index contributed by atoms with van der Waals surface area (Å²) < 4.78 is 0. The molecule has 0 amide bonds. The number of carbonyl (C=O) groups is 1. The van der Waals surface area contributed by atoms with Crippen LogP contribution >= 0.6 is 0 Å². The van der Waals surface area contributed by atoms with Gasteiger partial charge in [-0.3, -0.25) is 0 Å². The number of aromatic nitrogens is 2. The molecule has 1 atom stereocenters. The van der Waals surface area contributed by atoms with Crippen molar-refractivity contribution in [2.75, 3.05) is 41.8 Å². The molecule has 0 saturated heterocycles. The Balaban J connectivity index is 1.66. The highest BCUT2D eigenvalue weighted by molar-refractivity contribution is 5.88. The molecule has 2 heterocycles. The van der Waals surface area contributed by atoms with Crippen LogP contribution in [0.2, 0.25) is 0 Å². The molecule has 0 aliphatic carbocycles. The van der Waals surface area contributed by atoms with Crippen molar-refractivity contribution < 1.29 is 9.90 Å². The standard InChI is InChI=1S/C16H20N6O2/c1-22(11-4-2-9(3-5-11)15(23)24)7-6-10-8-19-14-12(10)13(17)20-16(18)21-14/h2-5,10H,6-8H2,1H3,(H,23,24)(H5,17,18,19,20,21). The average molecular weight is 328 g/mol. The van der Waals surface area contributed by atoms with Gasteiger partial charge < -0.3 is 26.8 Å². The maximum atomic E-state index is 10.9. The zero-order chi connectivity index (χ0) is 17.3. The van der Waals surface area contributed by atoms with Crippen LogP contribution < -0.4 is 21.7 Å². The zero-order valence-electron chi connectivity index (χ0n) is 13.4. The minimum atomic E-state index is -0.924. The first-order valence-corrected chi connectivity index (χ1v) is 7.67. The van der Waals surface area contributed by atoms with Crippen LogP contribution in [0.4, 0.5) is 23.3 Å². The normalized spacial score (nSPS) is 15.6. The molecule has 126 valence electrons. The fourth-order valence-electron chi connectivity index (χ4n) is 2.95. The van der Waals surface area contributed by atoms with Gasteiger partial charge in [0.05, 0.1) is 5.56 Å². The van der Waals surface area contributed by atoms with Crippen LogP contribution in [0.25, 0.3) is 0 Å². The van der Waals surface area contributed by atoms with E-state index in [1.165, 1.54) is 0 Å². The zero-order valence-corrected chi connectivity index (χ0v) is 13.4. The van der Waals surface area contributed by atoms with E-state index in [4.69, 9.17) is 16.6 Å². The van der Waals surface area contributed by atoms with Crippen LogP contribution in [-0.4, -0.2) is 41.2 Å². The number of benzene rings is 1. The summed E-state index contributed by atoms with van der Waals surface area (Å²) in [6.07, 6.45) is 0.870. The molecule has 1 aromatic heterocycles. The van der Waals surface area contributed by atoms with Crippen LogP contribution in [0, 0.1) is 0 Å². The van der Waals surface area contributed by atoms with Crippen molar-refractivity contribution in [3.8, 4) is 0 Å². The lowest BCUT2D eigenvalue weighted by atomic mass is 9.99. The molecule has 8 nitrogen and oxygen atoms in total. The highest BCUT2D eigenvalue weighted by atomic mass is 16.4. The van der Waals surface area contributed by atoms with Crippen molar-refractivity contribution in [3.05, 3.63) is 35.4 Å². The molecule has 1 unspecified atom stereocenters. The predicted octanol–water partition coefficient (Wildman–Crippen LogP) is 1.37. The van der Waals surface area contributed by atoms with Crippen molar-refractivity contribution in [2.24, 2.45) is 0 Å². The van der Waals surface area contributed by atoms with Gasteiger partial charge in [0.2, 0.25) is 5.95 Å². The number of anilines is 4. The summed E-state index contributed by atoms with van der Waals surface area (Å²) in [6.45, 7) is 1.55. The van der Waals surface area contributed by atoms with Crippen molar-refractivity contribution in [3.63, 3.8) is 0 Å². The Labute approximate surface area is 139 Å². The molecule has 1 aliphatic heterocycles. The summed E-state index contributed by atoms with van der Waals surface area (Å²) in [5.41, 5.74) is 13.8. The average Bonchev–Trinajstić information content (AvgIpc) is 2.95. The number of nitrogens with one attached hydrogen (secondary N) is 1. The van der Waals surface area contributed by atoms with Gasteiger partial charge in [0.1, 0.15) is 11.6 Å². The molecule has 0 fully saturated rings. The molecular formula is C16H20N6O2. The first-order valence-electron chi connectivity index (χ1n) is 7.67. The van der Waals surface area contributed by atoms with Crippen LogP contribution in [0.5, 0.6) is 0 Å². The first-order chi connectivity index (χ1) is 11.5. The molecule has 0 saturated carbocycles. The lowest BCUT2D eigenvalue weighted by Gasteiger charge is -2.21. The number of nitrogen functional groups attached to an aromatic ring is 2. The smallest absolute Gasteiger partial charge is 0.335 e. The van der Waals surface area contributed by atoms with E-state index >= 15 is 0 Å². The number of fused-ring (bicyclic) bond motifs is 1. The Morgan fingerprint density at radius 3 is 2.71 bits per heavy atom. The minimum Gasteiger partial charge on any atom is -0.478 e. The molecule has 0 spiro atoms. The van der Waals surface area contributed by atoms with Gasteiger partial charge in [0.15, 0.2) is 0 Å². The number of hydrogen-bond donors (Lipinski definition) is 4. The van der Waals surface area contributed by atoms with E-state index < -0.39 is 5.97 Å². The Bertz CT molecular complexity index is 762. The number of rotatable bonds is 5. The van der Waals surface area contributed by atoms with Crippen molar-refractivity contribution >= 4 is 29.2 Å². The van der Waals surface area contributed by atoms with Gasteiger partial charge in [0.25, 0.3) is 0 Å². The summed E-state index contributed by atoms with van der Waals surface area (Å²) in [5.74, 6) is 0.628. The van der Waals surface area contributed by atoms with E-state index in [1.54, 1.807) is 12.1 Å². The van der Waals surface area contributed by atoms with Crippen molar-refractivity contribution in [1.82, 2.24) is 9.97 Å². The number of carboxylic acids is 1. The molecule has 24 heavy (non-hydrogen) atoms. The fourth-order valence-corrected chi connectivity index (χ4v) is 2.95. The van der Waals surface area contributed by atoms with Gasteiger partial charge >= 0.3 is 5.97 Å². The maximum absolute atomic E-state index is 10.9. The SMILES string of the molecule is CN(CCC1CNc2nc(N)nc(N)c21)c1ccc(C(=O)O)cc1. The van der Waals surface area contributed by atoms with E-state index in [9.17, 15) is 4.79 Å². The Morgan fingerprint density at radius 2 is 2.04 bits per heavy atom. The number of hydrogen-bond acceptors (Lipinski definition) is 7. The van der Waals surface area contributed by atoms with Gasteiger partial charge in [0, 0.05) is 37.3 Å². The topological polar surface area (TPSA) is 130 Å². The first kappa shape index (κ1) is 15.9. The third kappa shape index (κ3) is 3.03. The quantitative estimate of drug-likeness (QED) is 0.647. The maximum Gasteiger partial charge on any atom is 0.335 e. The van der Waals surface area contributed by atoms with Crippen LogP contribution in [0.1, 0.15) is 28.3 Å². The fraction of sp³-hybridized carbons (Fsp3) is 0.312. The van der Waals surface area contributed by atoms with E-state index in [0.717, 1.165) is 36.6 Å². The number of aromatic carboxylic acids is 1. The molecule has 6 N–H and O–H groups in total. The molecule has 1 aromatic carbocycles. The van der Waals surface area contributed by atoms with Gasteiger partial charge in [-0.1, -0.05) is 0 Å². The second kappa shape index (κ2) is 6.23. The highest BCUT2D eigenvalue weighted by Crippen LogP contribution is 2.36. The van der Waals surface area contributed by atoms with E-state index in [0.29, 0.717) is 5.82 Å². The van der Waals surface area contributed by atoms with Crippen LogP contribution in [-0.2, 0) is 0 Å².